The number of nitrogens with one attached hydrogen (secondary N) is 1. The van der Waals surface area contributed by atoms with E-state index in [1.165, 1.54) is 26.0 Å². The zero-order chi connectivity index (χ0) is 22.8. The molecule has 2 amide bonds. The van der Waals surface area contributed by atoms with Gasteiger partial charge in [-0.3, -0.25) is 9.59 Å². The first-order valence-corrected chi connectivity index (χ1v) is 10.9. The maximum absolute atomic E-state index is 13.2. The molecule has 0 atom stereocenters. The molecule has 3 aromatic rings. The van der Waals surface area contributed by atoms with Crippen molar-refractivity contribution in [3.8, 4) is 11.5 Å². The summed E-state index contributed by atoms with van der Waals surface area (Å²) in [5.41, 5.74) is 2.24. The van der Waals surface area contributed by atoms with Crippen molar-refractivity contribution in [2.45, 2.75) is 29.8 Å². The van der Waals surface area contributed by atoms with Crippen molar-refractivity contribution in [2.75, 3.05) is 24.4 Å². The molecule has 164 valence electrons. The number of rotatable bonds is 5. The van der Waals surface area contributed by atoms with Crippen LogP contribution in [0.5, 0.6) is 11.5 Å². The first kappa shape index (κ1) is 21.7. The Morgan fingerprint density at radius 2 is 1.78 bits per heavy atom. The lowest BCUT2D eigenvalue weighted by Gasteiger charge is -2.27. The summed E-state index contributed by atoms with van der Waals surface area (Å²) in [5.74, 6) is 0.388. The minimum absolute atomic E-state index is 0.0497. The van der Waals surface area contributed by atoms with E-state index in [1.807, 2.05) is 26.0 Å². The van der Waals surface area contributed by atoms with Crippen LogP contribution in [-0.4, -0.2) is 37.1 Å². The summed E-state index contributed by atoms with van der Waals surface area (Å²) in [6, 6.07) is 14.2. The number of nitrogens with zero attached hydrogens (tertiary/aromatic N) is 2. The van der Waals surface area contributed by atoms with Crippen LogP contribution in [0.1, 0.15) is 34.6 Å². The van der Waals surface area contributed by atoms with Gasteiger partial charge in [-0.25, -0.2) is 4.98 Å². The molecule has 0 fully saturated rings. The van der Waals surface area contributed by atoms with Crippen molar-refractivity contribution in [3.63, 3.8) is 0 Å². The number of carbonyl (C=O) groups excluding carboxylic acids is 2. The van der Waals surface area contributed by atoms with Crippen molar-refractivity contribution in [3.05, 3.63) is 65.9 Å². The summed E-state index contributed by atoms with van der Waals surface area (Å²) >= 11 is 1.41. The van der Waals surface area contributed by atoms with E-state index in [9.17, 15) is 9.59 Å². The minimum atomic E-state index is -0.354. The molecular formula is C24H23N3O4S. The zero-order valence-electron chi connectivity index (χ0n) is 18.2. The molecule has 4 rings (SSSR count). The van der Waals surface area contributed by atoms with Gasteiger partial charge in [-0.15, -0.1) is 0 Å². The Bertz CT molecular complexity index is 1170. The van der Waals surface area contributed by atoms with Crippen LogP contribution in [-0.2, 0) is 0 Å². The summed E-state index contributed by atoms with van der Waals surface area (Å²) in [6.07, 6.45) is 1.67. The second kappa shape index (κ2) is 8.92. The van der Waals surface area contributed by atoms with Gasteiger partial charge in [0.25, 0.3) is 11.8 Å². The smallest absolute Gasteiger partial charge is 0.263 e. The molecule has 0 aliphatic carbocycles. The Morgan fingerprint density at radius 1 is 1.06 bits per heavy atom. The van der Waals surface area contributed by atoms with Crippen LogP contribution in [0.2, 0.25) is 0 Å². The van der Waals surface area contributed by atoms with Gasteiger partial charge in [0.2, 0.25) is 0 Å². The molecule has 0 bridgehead atoms. The largest absolute Gasteiger partial charge is 0.496 e. The standard InChI is InChI=1S/C24H23N3O4S/c1-14(2)27-17-11-10-15(13-20(17)32-23-16(24(27)29)7-6-12-25-23)26-22(28)21-18(30-3)8-5-9-19(21)31-4/h5-14H,1-4H3,(H,26,28). The highest BCUT2D eigenvalue weighted by Crippen LogP contribution is 2.42. The molecule has 0 unspecified atom stereocenters. The van der Waals surface area contributed by atoms with E-state index in [0.29, 0.717) is 33.3 Å². The van der Waals surface area contributed by atoms with Crippen molar-refractivity contribution in [1.29, 1.82) is 0 Å². The predicted molar refractivity (Wildman–Crippen MR) is 124 cm³/mol. The number of fused-ring (bicyclic) bond motifs is 2. The molecule has 0 spiro atoms. The Hall–Kier alpha value is -3.52. The SMILES string of the molecule is COc1cccc(OC)c1C(=O)Nc1ccc2c(c1)Sc1ncccc1C(=O)N2C(C)C. The molecule has 2 aromatic carbocycles. The zero-order valence-corrected chi connectivity index (χ0v) is 19.0. The highest BCUT2D eigenvalue weighted by Gasteiger charge is 2.30. The molecular weight excluding hydrogens is 426 g/mol. The van der Waals surface area contributed by atoms with Gasteiger partial charge in [-0.2, -0.15) is 0 Å². The average molecular weight is 450 g/mol. The number of benzene rings is 2. The number of pyridine rings is 1. The number of hydrogen-bond acceptors (Lipinski definition) is 6. The highest BCUT2D eigenvalue weighted by molar-refractivity contribution is 7.99. The van der Waals surface area contributed by atoms with E-state index in [2.05, 4.69) is 10.3 Å². The van der Waals surface area contributed by atoms with Gasteiger partial charge in [0.1, 0.15) is 22.1 Å². The van der Waals surface area contributed by atoms with E-state index < -0.39 is 0 Å². The van der Waals surface area contributed by atoms with Crippen LogP contribution in [0.3, 0.4) is 0 Å². The number of methoxy groups -OCH3 is 2. The number of amides is 2. The maximum atomic E-state index is 13.2. The molecule has 32 heavy (non-hydrogen) atoms. The number of carbonyl (C=O) groups is 2. The van der Waals surface area contributed by atoms with Gasteiger partial charge in [0.05, 0.1) is 25.5 Å². The maximum Gasteiger partial charge on any atom is 0.263 e. The number of hydrogen-bond donors (Lipinski definition) is 1. The summed E-state index contributed by atoms with van der Waals surface area (Å²) < 4.78 is 10.7. The third-order valence-corrected chi connectivity index (χ3v) is 6.14. The van der Waals surface area contributed by atoms with Gasteiger partial charge >= 0.3 is 0 Å². The van der Waals surface area contributed by atoms with Crippen LogP contribution < -0.4 is 19.7 Å². The topological polar surface area (TPSA) is 80.8 Å². The van der Waals surface area contributed by atoms with Gasteiger partial charge in [0, 0.05) is 22.8 Å². The monoisotopic (exact) mass is 449 g/mol. The van der Waals surface area contributed by atoms with Crippen LogP contribution in [0.4, 0.5) is 11.4 Å². The van der Waals surface area contributed by atoms with Crippen molar-refractivity contribution in [1.82, 2.24) is 4.98 Å². The second-order valence-corrected chi connectivity index (χ2v) is 8.43. The van der Waals surface area contributed by atoms with E-state index in [1.54, 1.807) is 47.5 Å². The Balaban J connectivity index is 1.73. The third-order valence-electron chi connectivity index (χ3n) is 5.08. The average Bonchev–Trinajstić information content (AvgIpc) is 2.91. The number of anilines is 2. The lowest BCUT2D eigenvalue weighted by Crippen LogP contribution is -2.37. The van der Waals surface area contributed by atoms with E-state index >= 15 is 0 Å². The van der Waals surface area contributed by atoms with Gasteiger partial charge in [0.15, 0.2) is 0 Å². The molecule has 0 saturated heterocycles. The fraction of sp³-hybridized carbons (Fsp3) is 0.208. The Morgan fingerprint density at radius 3 is 2.44 bits per heavy atom. The predicted octanol–water partition coefficient (Wildman–Crippen LogP) is 4.87. The molecule has 1 aromatic heterocycles. The highest BCUT2D eigenvalue weighted by atomic mass is 32.2. The molecule has 1 aliphatic rings. The van der Waals surface area contributed by atoms with Crippen LogP contribution in [0.15, 0.2) is 64.6 Å². The van der Waals surface area contributed by atoms with Gasteiger partial charge < -0.3 is 19.7 Å². The summed E-state index contributed by atoms with van der Waals surface area (Å²) in [7, 11) is 3.01. The summed E-state index contributed by atoms with van der Waals surface area (Å²) in [6.45, 7) is 3.94. The Labute approximate surface area is 190 Å². The molecule has 1 N–H and O–H groups in total. The Kier molecular flexibility index (Phi) is 6.05. The molecule has 0 saturated carbocycles. The van der Waals surface area contributed by atoms with E-state index in [-0.39, 0.29) is 17.9 Å². The van der Waals surface area contributed by atoms with Gasteiger partial charge in [-0.1, -0.05) is 17.8 Å². The first-order valence-electron chi connectivity index (χ1n) is 10.1. The third kappa shape index (κ3) is 3.89. The second-order valence-electron chi connectivity index (χ2n) is 7.40. The first-order chi connectivity index (χ1) is 15.4. The molecule has 0 radical (unpaired) electrons. The lowest BCUT2D eigenvalue weighted by atomic mass is 10.1. The molecule has 7 nitrogen and oxygen atoms in total. The molecule has 2 heterocycles. The minimum Gasteiger partial charge on any atom is -0.496 e. The van der Waals surface area contributed by atoms with Crippen molar-refractivity contribution >= 4 is 35.0 Å². The molecule has 1 aliphatic heterocycles. The summed E-state index contributed by atoms with van der Waals surface area (Å²) in [4.78, 5) is 33.3. The van der Waals surface area contributed by atoms with E-state index in [0.717, 1.165) is 10.6 Å². The van der Waals surface area contributed by atoms with Gasteiger partial charge in [-0.05, 0) is 56.3 Å². The number of aromatic nitrogens is 1. The van der Waals surface area contributed by atoms with Crippen molar-refractivity contribution in [2.24, 2.45) is 0 Å². The van der Waals surface area contributed by atoms with Crippen LogP contribution >= 0.6 is 11.8 Å². The lowest BCUT2D eigenvalue weighted by molar-refractivity contribution is 0.0975. The normalized spacial score (nSPS) is 12.7. The van der Waals surface area contributed by atoms with Crippen LogP contribution in [0.25, 0.3) is 0 Å². The van der Waals surface area contributed by atoms with Crippen molar-refractivity contribution < 1.29 is 19.1 Å². The van der Waals surface area contributed by atoms with Crippen LogP contribution in [0, 0.1) is 0 Å². The van der Waals surface area contributed by atoms with E-state index in [4.69, 9.17) is 9.47 Å². The fourth-order valence-corrected chi connectivity index (χ4v) is 4.68. The summed E-state index contributed by atoms with van der Waals surface area (Å²) in [5, 5.41) is 3.56. The fourth-order valence-electron chi connectivity index (χ4n) is 3.63. The number of ether oxygens (including phenoxy) is 2. The molecule has 8 heteroatoms. The quantitative estimate of drug-likeness (QED) is 0.599.